The van der Waals surface area contributed by atoms with E-state index in [4.69, 9.17) is 21.8 Å². The van der Waals surface area contributed by atoms with E-state index in [0.29, 0.717) is 40.7 Å². The number of hydrogen-bond donors (Lipinski definition) is 2. The molecule has 1 aliphatic rings. The Morgan fingerprint density at radius 1 is 1.16 bits per heavy atom. The summed E-state index contributed by atoms with van der Waals surface area (Å²) in [6.07, 6.45) is 4.07. The second kappa shape index (κ2) is 10.4. The average Bonchev–Trinajstić information content (AvgIpc) is 3.53. The number of benzene rings is 2. The zero-order chi connectivity index (χ0) is 25.9. The summed E-state index contributed by atoms with van der Waals surface area (Å²) in [4.78, 5) is 30.3. The summed E-state index contributed by atoms with van der Waals surface area (Å²) in [7, 11) is 0. The Balaban J connectivity index is 1.26. The number of nitrogen functional groups attached to an aromatic ring is 1. The van der Waals surface area contributed by atoms with E-state index < -0.39 is 6.17 Å². The summed E-state index contributed by atoms with van der Waals surface area (Å²) < 4.78 is 19.3. The van der Waals surface area contributed by atoms with Crippen LogP contribution in [0.3, 0.4) is 0 Å². The summed E-state index contributed by atoms with van der Waals surface area (Å²) >= 11 is 6.49. The number of likely N-dealkylation sites (tertiary alicyclic amines) is 1. The molecule has 5 rings (SSSR count). The third-order valence-electron chi connectivity index (χ3n) is 6.18. The van der Waals surface area contributed by atoms with Crippen molar-refractivity contribution in [2.24, 2.45) is 0 Å². The maximum atomic E-state index is 13.5. The Kier molecular flexibility index (Phi) is 6.92. The van der Waals surface area contributed by atoms with Crippen molar-refractivity contribution in [2.45, 2.75) is 19.1 Å². The lowest BCUT2D eigenvalue weighted by molar-refractivity contribution is -0.116. The molecule has 1 saturated heterocycles. The number of nitrogens with one attached hydrogen (secondary N) is 1. The molecular formula is C28H24ClFN4O3. The lowest BCUT2D eigenvalue weighted by Crippen LogP contribution is -2.28. The van der Waals surface area contributed by atoms with Gasteiger partial charge < -0.3 is 20.4 Å². The number of alkyl halides is 1. The molecule has 1 fully saturated rings. The van der Waals surface area contributed by atoms with E-state index in [2.05, 4.69) is 10.3 Å². The Labute approximate surface area is 217 Å². The fourth-order valence-electron chi connectivity index (χ4n) is 4.23. The first kappa shape index (κ1) is 24.5. The number of anilines is 1. The molecule has 1 unspecified atom stereocenters. The van der Waals surface area contributed by atoms with Crippen molar-refractivity contribution in [3.63, 3.8) is 0 Å². The second-order valence-corrected chi connectivity index (χ2v) is 9.28. The van der Waals surface area contributed by atoms with Crippen molar-refractivity contribution in [1.82, 2.24) is 15.2 Å². The normalized spacial score (nSPS) is 15.5. The highest BCUT2D eigenvalue weighted by atomic mass is 35.5. The summed E-state index contributed by atoms with van der Waals surface area (Å²) in [5.41, 5.74) is 9.11. The predicted molar refractivity (Wildman–Crippen MR) is 142 cm³/mol. The second-order valence-electron chi connectivity index (χ2n) is 8.87. The van der Waals surface area contributed by atoms with Crippen molar-refractivity contribution in [1.29, 1.82) is 0 Å². The number of rotatable bonds is 6. The van der Waals surface area contributed by atoms with Gasteiger partial charge in [-0.05, 0) is 71.7 Å². The fraction of sp³-hybridized carbons (Fsp3) is 0.179. The van der Waals surface area contributed by atoms with E-state index in [9.17, 15) is 14.0 Å². The van der Waals surface area contributed by atoms with Crippen LogP contribution in [0.2, 0.25) is 5.02 Å². The molecule has 2 aromatic carbocycles. The molecule has 1 aliphatic heterocycles. The molecule has 0 radical (unpaired) electrons. The largest absolute Gasteiger partial charge is 0.458 e. The van der Waals surface area contributed by atoms with Gasteiger partial charge in [0.1, 0.15) is 17.7 Å². The van der Waals surface area contributed by atoms with Crippen molar-refractivity contribution in [3.8, 4) is 11.1 Å². The first-order chi connectivity index (χ1) is 17.9. The lowest BCUT2D eigenvalue weighted by atomic mass is 10.0. The van der Waals surface area contributed by atoms with Crippen molar-refractivity contribution in [2.75, 3.05) is 18.8 Å². The number of fused-ring (bicyclic) bond motifs is 1. The van der Waals surface area contributed by atoms with Gasteiger partial charge in [-0.1, -0.05) is 23.7 Å². The van der Waals surface area contributed by atoms with Crippen LogP contribution in [0.15, 0.2) is 71.3 Å². The summed E-state index contributed by atoms with van der Waals surface area (Å²) in [6.45, 7) is 0.774. The van der Waals surface area contributed by atoms with Crippen LogP contribution in [0, 0.1) is 0 Å². The number of aromatic nitrogens is 1. The number of nitrogens with two attached hydrogens (primary N) is 1. The van der Waals surface area contributed by atoms with Crippen LogP contribution in [-0.4, -0.2) is 41.0 Å². The van der Waals surface area contributed by atoms with Crippen LogP contribution in [0.4, 0.5) is 10.2 Å². The molecule has 9 heteroatoms. The highest BCUT2D eigenvalue weighted by Gasteiger charge is 2.26. The number of amides is 2. The summed E-state index contributed by atoms with van der Waals surface area (Å²) in [5.74, 6) is 0.523. The number of pyridine rings is 1. The number of furan rings is 1. The van der Waals surface area contributed by atoms with E-state index in [1.54, 1.807) is 47.5 Å². The first-order valence-corrected chi connectivity index (χ1v) is 12.2. The third kappa shape index (κ3) is 5.65. The van der Waals surface area contributed by atoms with Crippen molar-refractivity contribution < 1.29 is 18.4 Å². The third-order valence-corrected chi connectivity index (χ3v) is 6.46. The Morgan fingerprint density at radius 3 is 2.68 bits per heavy atom. The minimum atomic E-state index is -0.950. The van der Waals surface area contributed by atoms with Gasteiger partial charge in [-0.15, -0.1) is 0 Å². The molecule has 1 atom stereocenters. The molecule has 4 aromatic rings. The number of halogens is 2. The number of carbonyl (C=O) groups is 2. The smallest absolute Gasteiger partial charge is 0.253 e. The summed E-state index contributed by atoms with van der Waals surface area (Å²) in [6, 6.07) is 16.2. The van der Waals surface area contributed by atoms with Crippen LogP contribution >= 0.6 is 11.6 Å². The van der Waals surface area contributed by atoms with Gasteiger partial charge in [-0.3, -0.25) is 9.59 Å². The zero-order valence-corrected chi connectivity index (χ0v) is 20.5. The highest BCUT2D eigenvalue weighted by Crippen LogP contribution is 2.33. The Hall–Kier alpha value is -4.17. The molecule has 0 aliphatic carbocycles. The van der Waals surface area contributed by atoms with Crippen LogP contribution in [0.1, 0.15) is 28.1 Å². The van der Waals surface area contributed by atoms with E-state index >= 15 is 0 Å². The average molecular weight is 519 g/mol. The van der Waals surface area contributed by atoms with Crippen molar-refractivity contribution >= 4 is 46.3 Å². The fourth-order valence-corrected chi connectivity index (χ4v) is 4.49. The van der Waals surface area contributed by atoms with Crippen LogP contribution in [0.25, 0.3) is 28.2 Å². The van der Waals surface area contributed by atoms with E-state index in [1.807, 2.05) is 24.3 Å². The van der Waals surface area contributed by atoms with Crippen molar-refractivity contribution in [3.05, 3.63) is 88.8 Å². The van der Waals surface area contributed by atoms with Gasteiger partial charge in [0, 0.05) is 29.8 Å². The Morgan fingerprint density at radius 2 is 1.97 bits per heavy atom. The van der Waals surface area contributed by atoms with Crippen LogP contribution in [-0.2, 0) is 11.3 Å². The quantitative estimate of drug-likeness (QED) is 0.340. The first-order valence-electron chi connectivity index (χ1n) is 11.8. The molecule has 3 heterocycles. The van der Waals surface area contributed by atoms with Gasteiger partial charge in [0.05, 0.1) is 18.1 Å². The molecule has 2 amide bonds. The predicted octanol–water partition coefficient (Wildman–Crippen LogP) is 5.24. The van der Waals surface area contributed by atoms with Gasteiger partial charge in [-0.2, -0.15) is 0 Å². The molecule has 0 spiro atoms. The van der Waals surface area contributed by atoms with Gasteiger partial charge >= 0.3 is 0 Å². The number of carbonyl (C=O) groups excluding carboxylic acids is 2. The molecule has 0 saturated carbocycles. The Bertz CT molecular complexity index is 1480. The number of nitrogens with zero attached hydrogens (tertiary/aromatic N) is 2. The minimum Gasteiger partial charge on any atom is -0.458 e. The topological polar surface area (TPSA) is 101 Å². The van der Waals surface area contributed by atoms with E-state index in [1.165, 1.54) is 6.08 Å². The van der Waals surface area contributed by atoms with Gasteiger partial charge in [-0.25, -0.2) is 9.37 Å². The van der Waals surface area contributed by atoms with Gasteiger partial charge in [0.25, 0.3) is 5.91 Å². The maximum absolute atomic E-state index is 13.5. The molecule has 3 N–H and O–H groups in total. The minimum absolute atomic E-state index is 0.145. The van der Waals surface area contributed by atoms with E-state index in [-0.39, 0.29) is 24.9 Å². The lowest BCUT2D eigenvalue weighted by Gasteiger charge is -2.15. The van der Waals surface area contributed by atoms with Crippen LogP contribution in [0.5, 0.6) is 0 Å². The molecule has 2 aromatic heterocycles. The number of hydrogen-bond acceptors (Lipinski definition) is 5. The van der Waals surface area contributed by atoms with Crippen LogP contribution < -0.4 is 11.1 Å². The SMILES string of the molecule is Nc1ccc(/C=C/C(=O)NCc2cc3cc(-c4ccc(C(=O)N5CCC(F)C5)cc4)cc(Cl)c3o2)cn1. The standard InChI is InChI=1S/C28H24ClFN4O3/c29-24-13-20(18-3-5-19(6-4-18)28(36)34-10-9-22(30)16-34)11-21-12-23(37-27(21)24)15-33-26(35)8-2-17-1-7-25(31)32-14-17/h1-8,11-14,22H,9-10,15-16H2,(H2,31,32)(H,33,35)/b8-2+. The summed E-state index contributed by atoms with van der Waals surface area (Å²) in [5, 5.41) is 4.01. The highest BCUT2D eigenvalue weighted by molar-refractivity contribution is 6.35. The van der Waals surface area contributed by atoms with Gasteiger partial charge in [0.2, 0.25) is 5.91 Å². The molecule has 0 bridgehead atoms. The zero-order valence-electron chi connectivity index (χ0n) is 19.8. The monoisotopic (exact) mass is 518 g/mol. The molecule has 7 nitrogen and oxygen atoms in total. The molecule has 188 valence electrons. The van der Waals surface area contributed by atoms with Gasteiger partial charge in [0.15, 0.2) is 5.58 Å². The molecular weight excluding hydrogens is 495 g/mol. The molecule has 37 heavy (non-hydrogen) atoms. The van der Waals surface area contributed by atoms with E-state index in [0.717, 1.165) is 22.1 Å². The maximum Gasteiger partial charge on any atom is 0.253 e.